The van der Waals surface area contributed by atoms with Gasteiger partial charge in [0.05, 0.1) is 17.4 Å². The van der Waals surface area contributed by atoms with Crippen LogP contribution in [0.3, 0.4) is 0 Å². The molecule has 20 heavy (non-hydrogen) atoms. The second kappa shape index (κ2) is 5.61. The van der Waals surface area contributed by atoms with E-state index in [9.17, 15) is 14.7 Å². The lowest BCUT2D eigenvalue weighted by atomic mass is 10.2. The van der Waals surface area contributed by atoms with Crippen molar-refractivity contribution in [2.45, 2.75) is 30.8 Å². The van der Waals surface area contributed by atoms with Crippen LogP contribution in [0.5, 0.6) is 0 Å². The van der Waals surface area contributed by atoms with Gasteiger partial charge in [-0.2, -0.15) is 0 Å². The second-order valence-electron chi connectivity index (χ2n) is 4.95. The van der Waals surface area contributed by atoms with Crippen LogP contribution in [0.1, 0.15) is 17.7 Å². The van der Waals surface area contributed by atoms with Crippen LogP contribution < -0.4 is 5.32 Å². The maximum absolute atomic E-state index is 12.3. The Hall–Kier alpha value is -1.28. The minimum Gasteiger partial charge on any atom is -0.480 e. The maximum atomic E-state index is 12.3. The molecule has 1 aliphatic heterocycles. The molecule has 2 aliphatic rings. The lowest BCUT2D eigenvalue weighted by Crippen LogP contribution is -2.50. The van der Waals surface area contributed by atoms with Gasteiger partial charge in [0.1, 0.15) is 6.04 Å². The Kier molecular flexibility index (Phi) is 3.84. The van der Waals surface area contributed by atoms with Crippen LogP contribution in [-0.2, 0) is 11.3 Å². The topological polar surface area (TPSA) is 82.5 Å². The van der Waals surface area contributed by atoms with E-state index in [0.717, 1.165) is 17.7 Å². The summed E-state index contributed by atoms with van der Waals surface area (Å²) >= 11 is 3.05. The Morgan fingerprint density at radius 2 is 2.30 bits per heavy atom. The van der Waals surface area contributed by atoms with E-state index in [1.54, 1.807) is 23.5 Å². The summed E-state index contributed by atoms with van der Waals surface area (Å²) in [5.74, 6) is 0.0110. The van der Waals surface area contributed by atoms with E-state index in [-0.39, 0.29) is 11.4 Å². The highest BCUT2D eigenvalue weighted by atomic mass is 32.2. The molecule has 3 rings (SSSR count). The zero-order chi connectivity index (χ0) is 14.1. The number of nitrogens with zero attached hydrogens (tertiary/aromatic N) is 2. The van der Waals surface area contributed by atoms with Crippen molar-refractivity contribution in [3.8, 4) is 0 Å². The van der Waals surface area contributed by atoms with Crippen LogP contribution in [0.25, 0.3) is 0 Å². The van der Waals surface area contributed by atoms with Crippen molar-refractivity contribution in [3.63, 3.8) is 0 Å². The SMILES string of the molecule is O=C(O)C1CSC(C2CC2)N1C(=O)NCc1cncs1. The largest absolute Gasteiger partial charge is 0.480 e. The average molecular weight is 313 g/mol. The molecule has 8 heteroatoms. The summed E-state index contributed by atoms with van der Waals surface area (Å²) in [4.78, 5) is 30.0. The minimum absolute atomic E-state index is 0.0116. The predicted molar refractivity (Wildman–Crippen MR) is 76.6 cm³/mol. The van der Waals surface area contributed by atoms with Crippen LogP contribution in [-0.4, -0.2) is 44.2 Å². The monoisotopic (exact) mass is 313 g/mol. The molecule has 0 radical (unpaired) electrons. The van der Waals surface area contributed by atoms with Gasteiger partial charge in [0.15, 0.2) is 0 Å². The van der Waals surface area contributed by atoms with Gasteiger partial charge in [0.25, 0.3) is 0 Å². The lowest BCUT2D eigenvalue weighted by Gasteiger charge is -2.27. The van der Waals surface area contributed by atoms with E-state index < -0.39 is 12.0 Å². The number of hydrogen-bond acceptors (Lipinski definition) is 5. The van der Waals surface area contributed by atoms with Crippen LogP contribution in [0.4, 0.5) is 4.79 Å². The van der Waals surface area contributed by atoms with Gasteiger partial charge in [-0.05, 0) is 18.8 Å². The van der Waals surface area contributed by atoms with Gasteiger partial charge in [-0.15, -0.1) is 23.1 Å². The van der Waals surface area contributed by atoms with Crippen molar-refractivity contribution in [3.05, 3.63) is 16.6 Å². The van der Waals surface area contributed by atoms with Crippen molar-refractivity contribution in [1.82, 2.24) is 15.2 Å². The molecule has 1 aliphatic carbocycles. The number of rotatable bonds is 4. The molecule has 2 atom stereocenters. The molecule has 2 unspecified atom stereocenters. The van der Waals surface area contributed by atoms with Crippen molar-refractivity contribution >= 4 is 35.1 Å². The third kappa shape index (κ3) is 2.76. The lowest BCUT2D eigenvalue weighted by molar-refractivity contribution is -0.141. The number of nitrogens with one attached hydrogen (secondary N) is 1. The van der Waals surface area contributed by atoms with E-state index >= 15 is 0 Å². The molecule has 2 N–H and O–H groups in total. The average Bonchev–Trinajstić information content (AvgIpc) is 2.97. The standard InChI is InChI=1S/C12H15N3O3S2/c16-11(17)9-5-19-10(7-1-2-7)15(9)12(18)14-4-8-3-13-6-20-8/h3,6-7,9-10H,1-2,4-5H2,(H,14,18)(H,16,17). The number of carboxylic acid groups (broad SMARTS) is 1. The molecule has 6 nitrogen and oxygen atoms in total. The molecule has 0 spiro atoms. The van der Waals surface area contributed by atoms with Crippen molar-refractivity contribution in [2.24, 2.45) is 5.92 Å². The number of amides is 2. The number of thiazole rings is 1. The molecular weight excluding hydrogens is 298 g/mol. The summed E-state index contributed by atoms with van der Waals surface area (Å²) in [5, 5.41) is 12.1. The fourth-order valence-corrected chi connectivity index (χ4v) is 4.47. The first-order valence-electron chi connectivity index (χ1n) is 6.44. The van der Waals surface area contributed by atoms with Gasteiger partial charge in [-0.25, -0.2) is 9.59 Å². The van der Waals surface area contributed by atoms with E-state index in [0.29, 0.717) is 18.2 Å². The maximum Gasteiger partial charge on any atom is 0.327 e. The van der Waals surface area contributed by atoms with Gasteiger partial charge in [0.2, 0.25) is 0 Å². The molecule has 1 saturated heterocycles. The second-order valence-corrected chi connectivity index (χ2v) is 7.07. The molecule has 2 fully saturated rings. The zero-order valence-electron chi connectivity index (χ0n) is 10.7. The first kappa shape index (κ1) is 13.7. The van der Waals surface area contributed by atoms with Crippen LogP contribution in [0.15, 0.2) is 11.7 Å². The number of carbonyl (C=O) groups excluding carboxylic acids is 1. The molecule has 1 saturated carbocycles. The molecule has 2 heterocycles. The van der Waals surface area contributed by atoms with Gasteiger partial charge in [0, 0.05) is 16.8 Å². The number of hydrogen-bond donors (Lipinski definition) is 2. The van der Waals surface area contributed by atoms with E-state index in [1.165, 1.54) is 16.2 Å². The Balaban J connectivity index is 1.67. The summed E-state index contributed by atoms with van der Waals surface area (Å²) in [5.41, 5.74) is 1.71. The van der Waals surface area contributed by atoms with Gasteiger partial charge in [-0.3, -0.25) is 9.88 Å². The normalized spacial score (nSPS) is 25.7. The number of thioether (sulfide) groups is 1. The van der Waals surface area contributed by atoms with Gasteiger partial charge >= 0.3 is 12.0 Å². The van der Waals surface area contributed by atoms with Crippen LogP contribution in [0.2, 0.25) is 0 Å². The highest BCUT2D eigenvalue weighted by molar-refractivity contribution is 8.00. The van der Waals surface area contributed by atoms with E-state index in [1.807, 2.05) is 0 Å². The number of carbonyl (C=O) groups is 2. The third-order valence-corrected chi connectivity index (χ3v) is 5.72. The molecule has 108 valence electrons. The van der Waals surface area contributed by atoms with E-state index in [4.69, 9.17) is 0 Å². The third-order valence-electron chi connectivity index (χ3n) is 3.48. The first-order chi connectivity index (χ1) is 9.66. The number of carboxylic acids is 1. The first-order valence-corrected chi connectivity index (χ1v) is 8.37. The summed E-state index contributed by atoms with van der Waals surface area (Å²) in [6.45, 7) is 0.397. The fourth-order valence-electron chi connectivity index (χ4n) is 2.30. The number of urea groups is 1. The molecular formula is C12H15N3O3S2. The molecule has 2 amide bonds. The molecule has 1 aromatic heterocycles. The molecule has 0 bridgehead atoms. The smallest absolute Gasteiger partial charge is 0.327 e. The van der Waals surface area contributed by atoms with Crippen molar-refractivity contribution in [2.75, 3.05) is 5.75 Å². The number of aliphatic carboxylic acids is 1. The molecule has 1 aromatic rings. The van der Waals surface area contributed by atoms with Gasteiger partial charge in [-0.1, -0.05) is 0 Å². The van der Waals surface area contributed by atoms with E-state index in [2.05, 4.69) is 10.3 Å². The van der Waals surface area contributed by atoms with Crippen LogP contribution >= 0.6 is 23.1 Å². The summed E-state index contributed by atoms with van der Waals surface area (Å²) in [6.07, 6.45) is 3.88. The van der Waals surface area contributed by atoms with Crippen molar-refractivity contribution in [1.29, 1.82) is 0 Å². The van der Waals surface area contributed by atoms with Gasteiger partial charge < -0.3 is 10.4 Å². The summed E-state index contributed by atoms with van der Waals surface area (Å²) in [7, 11) is 0. The summed E-state index contributed by atoms with van der Waals surface area (Å²) in [6, 6.07) is -1.00. The Labute approximate surface area is 124 Å². The predicted octanol–water partition coefficient (Wildman–Crippen LogP) is 1.59. The number of aromatic nitrogens is 1. The minimum atomic E-state index is -0.923. The zero-order valence-corrected chi connectivity index (χ0v) is 12.3. The van der Waals surface area contributed by atoms with Crippen LogP contribution in [0, 0.1) is 5.92 Å². The fraction of sp³-hybridized carbons (Fsp3) is 0.583. The quantitative estimate of drug-likeness (QED) is 0.882. The summed E-state index contributed by atoms with van der Waals surface area (Å²) < 4.78 is 0. The highest BCUT2D eigenvalue weighted by Crippen LogP contribution is 2.45. The Bertz CT molecular complexity index is 504. The Morgan fingerprint density at radius 1 is 1.50 bits per heavy atom. The Morgan fingerprint density at radius 3 is 2.90 bits per heavy atom. The molecule has 0 aromatic carbocycles. The highest BCUT2D eigenvalue weighted by Gasteiger charge is 2.48. The van der Waals surface area contributed by atoms with Crippen molar-refractivity contribution < 1.29 is 14.7 Å².